The monoisotopic (exact) mass is 376 g/mol. The summed E-state index contributed by atoms with van der Waals surface area (Å²) in [4.78, 5) is 27.6. The Morgan fingerprint density at radius 3 is 2.63 bits per heavy atom. The molecule has 3 N–H and O–H groups in total. The van der Waals surface area contributed by atoms with E-state index in [1.165, 1.54) is 7.11 Å². The Hall–Kier alpha value is -2.77. The Balaban J connectivity index is 1.85. The number of hydrogen-bond acceptors (Lipinski definition) is 6. The molecule has 0 aliphatic heterocycles. The summed E-state index contributed by atoms with van der Waals surface area (Å²) < 4.78 is 11.8. The van der Waals surface area contributed by atoms with Crippen LogP contribution in [-0.2, 0) is 16.0 Å². The van der Waals surface area contributed by atoms with Crippen molar-refractivity contribution in [1.29, 1.82) is 0 Å². The minimum Gasteiger partial charge on any atom is -0.465 e. The highest BCUT2D eigenvalue weighted by Crippen LogP contribution is 2.21. The molecule has 2 aromatic rings. The highest BCUT2D eigenvalue weighted by atomic mass is 16.6. The van der Waals surface area contributed by atoms with Gasteiger partial charge in [-0.15, -0.1) is 0 Å². The summed E-state index contributed by atoms with van der Waals surface area (Å²) in [5, 5.41) is 2.74. The first-order valence-electron chi connectivity index (χ1n) is 9.02. The lowest BCUT2D eigenvalue weighted by Crippen LogP contribution is -2.33. The zero-order chi connectivity index (χ0) is 20.0. The van der Waals surface area contributed by atoms with Crippen LogP contribution in [0.1, 0.15) is 50.4 Å². The van der Waals surface area contributed by atoms with Crippen LogP contribution in [0.3, 0.4) is 0 Å². The number of benzene rings is 1. The van der Waals surface area contributed by atoms with Gasteiger partial charge in [-0.3, -0.25) is 0 Å². The molecule has 0 atom stereocenters. The molecule has 0 aliphatic carbocycles. The molecule has 0 saturated carbocycles. The second kappa shape index (κ2) is 8.75. The van der Waals surface area contributed by atoms with Gasteiger partial charge in [-0.2, -0.15) is 0 Å². The van der Waals surface area contributed by atoms with Gasteiger partial charge >= 0.3 is 12.1 Å². The summed E-state index contributed by atoms with van der Waals surface area (Å²) in [6, 6.07) is 5.18. The lowest BCUT2D eigenvalue weighted by molar-refractivity contribution is 0.0525. The molecule has 8 nitrogen and oxygen atoms in total. The highest BCUT2D eigenvalue weighted by molar-refractivity contribution is 5.94. The van der Waals surface area contributed by atoms with Crippen LogP contribution in [0.15, 0.2) is 18.2 Å². The lowest BCUT2D eigenvalue weighted by Gasteiger charge is -2.19. The van der Waals surface area contributed by atoms with Crippen LogP contribution in [0, 0.1) is 0 Å². The van der Waals surface area contributed by atoms with Gasteiger partial charge in [-0.25, -0.2) is 14.6 Å². The number of unbranched alkanes of at least 4 members (excludes halogenated alkanes) is 2. The first-order valence-corrected chi connectivity index (χ1v) is 9.02. The maximum atomic E-state index is 11.7. The smallest absolute Gasteiger partial charge is 0.407 e. The van der Waals surface area contributed by atoms with Gasteiger partial charge in [0.2, 0.25) is 5.95 Å². The molecule has 1 heterocycles. The molecule has 1 aromatic carbocycles. The number of imidazole rings is 1. The number of nitrogens with one attached hydrogen (secondary N) is 1. The number of nitrogens with two attached hydrogens (primary N) is 1. The quantitative estimate of drug-likeness (QED) is 0.568. The summed E-state index contributed by atoms with van der Waals surface area (Å²) in [7, 11) is 1.35. The number of aryl methyl sites for hydroxylation is 1. The van der Waals surface area contributed by atoms with Crippen LogP contribution in [0.4, 0.5) is 10.7 Å². The van der Waals surface area contributed by atoms with Crippen molar-refractivity contribution >= 4 is 29.0 Å². The van der Waals surface area contributed by atoms with E-state index in [4.69, 9.17) is 15.2 Å². The predicted octanol–water partition coefficient (Wildman–Crippen LogP) is 3.10. The molecule has 1 aromatic heterocycles. The second-order valence-corrected chi connectivity index (χ2v) is 7.31. The number of fused-ring (bicyclic) bond motifs is 1. The van der Waals surface area contributed by atoms with E-state index in [1.807, 2.05) is 25.3 Å². The van der Waals surface area contributed by atoms with Gasteiger partial charge in [0.1, 0.15) is 5.60 Å². The summed E-state index contributed by atoms with van der Waals surface area (Å²) >= 11 is 0. The van der Waals surface area contributed by atoms with E-state index in [0.29, 0.717) is 24.6 Å². The Morgan fingerprint density at radius 1 is 1.22 bits per heavy atom. The van der Waals surface area contributed by atoms with Crippen molar-refractivity contribution in [2.75, 3.05) is 19.4 Å². The third-order valence-electron chi connectivity index (χ3n) is 3.93. The predicted molar refractivity (Wildman–Crippen MR) is 104 cm³/mol. The molecule has 0 radical (unpaired) electrons. The third kappa shape index (κ3) is 5.87. The number of carbonyl (C=O) groups is 2. The van der Waals surface area contributed by atoms with Crippen molar-refractivity contribution in [3.8, 4) is 0 Å². The number of ether oxygens (including phenoxy) is 2. The van der Waals surface area contributed by atoms with Gasteiger partial charge in [0, 0.05) is 13.1 Å². The van der Waals surface area contributed by atoms with Gasteiger partial charge in [0.25, 0.3) is 0 Å². The molecule has 0 unspecified atom stereocenters. The van der Waals surface area contributed by atoms with Gasteiger partial charge < -0.3 is 25.1 Å². The van der Waals surface area contributed by atoms with Crippen molar-refractivity contribution in [1.82, 2.24) is 14.9 Å². The number of aromatic nitrogens is 2. The number of rotatable bonds is 7. The summed E-state index contributed by atoms with van der Waals surface area (Å²) in [6.07, 6.45) is 2.21. The van der Waals surface area contributed by atoms with E-state index in [1.54, 1.807) is 18.2 Å². The van der Waals surface area contributed by atoms with Crippen LogP contribution >= 0.6 is 0 Å². The highest BCUT2D eigenvalue weighted by Gasteiger charge is 2.15. The number of amides is 1. The van der Waals surface area contributed by atoms with Gasteiger partial charge in [0.05, 0.1) is 23.7 Å². The zero-order valence-corrected chi connectivity index (χ0v) is 16.4. The maximum Gasteiger partial charge on any atom is 0.407 e. The fourth-order valence-electron chi connectivity index (χ4n) is 2.70. The van der Waals surface area contributed by atoms with Crippen LogP contribution in [0.25, 0.3) is 11.0 Å². The van der Waals surface area contributed by atoms with Crippen LogP contribution in [-0.4, -0.2) is 40.9 Å². The van der Waals surface area contributed by atoms with Crippen molar-refractivity contribution in [3.05, 3.63) is 23.8 Å². The minimum atomic E-state index is -0.493. The molecule has 0 spiro atoms. The second-order valence-electron chi connectivity index (χ2n) is 7.31. The van der Waals surface area contributed by atoms with Crippen molar-refractivity contribution < 1.29 is 19.1 Å². The Labute approximate surface area is 159 Å². The molecule has 1 amide bonds. The van der Waals surface area contributed by atoms with E-state index in [-0.39, 0.29) is 0 Å². The third-order valence-corrected chi connectivity index (χ3v) is 3.93. The van der Waals surface area contributed by atoms with Gasteiger partial charge in [0.15, 0.2) is 0 Å². The number of carbonyl (C=O) groups excluding carboxylic acids is 2. The normalized spacial score (nSPS) is 11.4. The molecule has 148 valence electrons. The van der Waals surface area contributed by atoms with Gasteiger partial charge in [-0.05, 0) is 58.2 Å². The zero-order valence-electron chi connectivity index (χ0n) is 16.4. The fraction of sp³-hybridized carbons (Fsp3) is 0.526. The molecular weight excluding hydrogens is 348 g/mol. The first kappa shape index (κ1) is 20.5. The van der Waals surface area contributed by atoms with E-state index in [0.717, 1.165) is 30.3 Å². The number of methoxy groups -OCH3 is 1. The Bertz CT molecular complexity index is 808. The lowest BCUT2D eigenvalue weighted by atomic mass is 10.2. The van der Waals surface area contributed by atoms with E-state index >= 15 is 0 Å². The molecule has 0 bridgehead atoms. The molecule has 0 saturated heterocycles. The Kier molecular flexibility index (Phi) is 6.65. The van der Waals surface area contributed by atoms with Gasteiger partial charge in [-0.1, -0.05) is 0 Å². The fourth-order valence-corrected chi connectivity index (χ4v) is 2.70. The number of alkyl carbamates (subject to hydrolysis) is 1. The number of hydrogen-bond donors (Lipinski definition) is 2. The first-order chi connectivity index (χ1) is 12.7. The summed E-state index contributed by atoms with van der Waals surface area (Å²) in [6.45, 7) is 6.73. The molecule has 2 rings (SSSR count). The number of nitrogens with zero attached hydrogens (tertiary/aromatic N) is 2. The van der Waals surface area contributed by atoms with E-state index < -0.39 is 17.7 Å². The van der Waals surface area contributed by atoms with E-state index in [2.05, 4.69) is 10.3 Å². The maximum absolute atomic E-state index is 11.7. The molecule has 0 aliphatic rings. The van der Waals surface area contributed by atoms with Crippen LogP contribution in [0.2, 0.25) is 0 Å². The number of esters is 1. The summed E-state index contributed by atoms with van der Waals surface area (Å²) in [5.74, 6) is 0.0235. The summed E-state index contributed by atoms with van der Waals surface area (Å²) in [5.41, 5.74) is 7.54. The molecular formula is C19H28N4O4. The van der Waals surface area contributed by atoms with Crippen molar-refractivity contribution in [2.45, 2.75) is 52.2 Å². The average Bonchev–Trinajstić information content (AvgIpc) is 2.90. The number of anilines is 1. The Morgan fingerprint density at radius 2 is 1.96 bits per heavy atom. The van der Waals surface area contributed by atoms with Crippen molar-refractivity contribution in [3.63, 3.8) is 0 Å². The standard InChI is InChI=1S/C19H28N4O4/c1-19(2,3)27-18(25)21-10-6-5-7-11-23-15-12-13(16(24)26-4)8-9-14(15)22-17(23)20/h8-9,12H,5-7,10-11H2,1-4H3,(H2,20,22)(H,21,25). The molecule has 8 heteroatoms. The van der Waals surface area contributed by atoms with E-state index in [9.17, 15) is 9.59 Å². The molecule has 0 fully saturated rings. The molecule has 27 heavy (non-hydrogen) atoms. The minimum absolute atomic E-state index is 0.392. The largest absolute Gasteiger partial charge is 0.465 e. The van der Waals surface area contributed by atoms with Crippen LogP contribution in [0.5, 0.6) is 0 Å². The average molecular weight is 376 g/mol. The van der Waals surface area contributed by atoms with Crippen molar-refractivity contribution in [2.24, 2.45) is 0 Å². The SMILES string of the molecule is COC(=O)c1ccc2nc(N)n(CCCCCNC(=O)OC(C)(C)C)c2c1. The number of nitrogen functional groups attached to an aromatic ring is 1. The van der Waals surface area contributed by atoms with Crippen LogP contribution < -0.4 is 11.1 Å². The topological polar surface area (TPSA) is 108 Å².